The van der Waals surface area contributed by atoms with Gasteiger partial charge in [0.2, 0.25) is 0 Å². The summed E-state index contributed by atoms with van der Waals surface area (Å²) < 4.78 is 13.9. The molecule has 0 radical (unpaired) electrons. The van der Waals surface area contributed by atoms with Gasteiger partial charge in [-0.2, -0.15) is 4.98 Å². The monoisotopic (exact) mass is 633 g/mol. The zero-order valence-electron chi connectivity index (χ0n) is 25.7. The van der Waals surface area contributed by atoms with Crippen molar-refractivity contribution in [1.29, 1.82) is 0 Å². The molecule has 0 saturated heterocycles. The van der Waals surface area contributed by atoms with Gasteiger partial charge in [-0.15, -0.1) is 0 Å². The smallest absolute Gasteiger partial charge is 0.310 e. The van der Waals surface area contributed by atoms with E-state index in [0.29, 0.717) is 39.5 Å². The number of hydrogen-bond donors (Lipinski definition) is 0. The van der Waals surface area contributed by atoms with Gasteiger partial charge in [-0.3, -0.25) is 4.79 Å². The minimum absolute atomic E-state index is 0.157. The van der Waals surface area contributed by atoms with Gasteiger partial charge in [0.25, 0.3) is 5.56 Å². The standard InChI is InChI=1S/C41H23N5O3/c47-40-28-14-7-8-16-33(28)49-41-42-31-23-27(18-20-32(31)46(40)41)26-19-21-34-30(22-26)36-29(15-9-17-35(36)48-34)39-44-37(24-10-3-1-4-11-24)43-38(45-39)25-12-5-2-6-13-25/h1-23H. The third-order valence-electron chi connectivity index (χ3n) is 8.91. The summed E-state index contributed by atoms with van der Waals surface area (Å²) in [6.07, 6.45) is 0. The number of furan rings is 1. The highest BCUT2D eigenvalue weighted by Crippen LogP contribution is 2.38. The molecule has 0 unspecified atom stereocenters. The van der Waals surface area contributed by atoms with Crippen molar-refractivity contribution >= 4 is 49.8 Å². The summed E-state index contributed by atoms with van der Waals surface area (Å²) in [7, 11) is 0. The zero-order chi connectivity index (χ0) is 32.5. The third-order valence-corrected chi connectivity index (χ3v) is 8.91. The number of nitrogens with zero attached hydrogens (tertiary/aromatic N) is 5. The van der Waals surface area contributed by atoms with Crippen LogP contribution >= 0.6 is 0 Å². The van der Waals surface area contributed by atoms with Crippen molar-refractivity contribution in [2.45, 2.75) is 0 Å². The largest absolute Gasteiger partial charge is 0.456 e. The molecule has 10 rings (SSSR count). The molecule has 6 aromatic carbocycles. The van der Waals surface area contributed by atoms with E-state index < -0.39 is 0 Å². The van der Waals surface area contributed by atoms with E-state index in [1.165, 1.54) is 4.40 Å². The van der Waals surface area contributed by atoms with Crippen LogP contribution in [-0.2, 0) is 0 Å². The Labute approximate surface area is 277 Å². The fourth-order valence-electron chi connectivity index (χ4n) is 6.58. The number of benzene rings is 6. The van der Waals surface area contributed by atoms with E-state index in [9.17, 15) is 4.79 Å². The first-order valence-electron chi connectivity index (χ1n) is 15.8. The molecule has 8 heteroatoms. The summed E-state index contributed by atoms with van der Waals surface area (Å²) in [6.45, 7) is 0. The molecule has 0 spiro atoms. The van der Waals surface area contributed by atoms with Gasteiger partial charge < -0.3 is 8.83 Å². The molecule has 230 valence electrons. The number of imidazole rings is 1. The highest BCUT2D eigenvalue weighted by molar-refractivity contribution is 6.13. The van der Waals surface area contributed by atoms with Gasteiger partial charge in [0.1, 0.15) is 16.7 Å². The van der Waals surface area contributed by atoms with Gasteiger partial charge in [-0.25, -0.2) is 19.4 Å². The van der Waals surface area contributed by atoms with E-state index in [1.807, 2.05) is 121 Å². The zero-order valence-corrected chi connectivity index (χ0v) is 25.7. The second-order valence-electron chi connectivity index (χ2n) is 11.9. The Morgan fingerprint density at radius 2 is 1.10 bits per heavy atom. The molecule has 49 heavy (non-hydrogen) atoms. The lowest BCUT2D eigenvalue weighted by molar-refractivity contribution is 0.616. The van der Waals surface area contributed by atoms with Gasteiger partial charge in [-0.1, -0.05) is 97.1 Å². The van der Waals surface area contributed by atoms with Crippen molar-refractivity contribution in [2.75, 3.05) is 0 Å². The molecule has 0 N–H and O–H groups in total. The first-order chi connectivity index (χ1) is 24.2. The number of rotatable bonds is 4. The van der Waals surface area contributed by atoms with Crippen LogP contribution in [-0.4, -0.2) is 24.3 Å². The summed E-state index contributed by atoms with van der Waals surface area (Å²) >= 11 is 0. The Kier molecular flexibility index (Phi) is 5.86. The molecule has 0 amide bonds. The molecule has 10 aromatic rings. The van der Waals surface area contributed by atoms with E-state index >= 15 is 0 Å². The summed E-state index contributed by atoms with van der Waals surface area (Å²) in [6, 6.07) is 45.1. The molecule has 0 saturated carbocycles. The molecule has 0 aliphatic rings. The molecule has 0 aliphatic carbocycles. The Morgan fingerprint density at radius 3 is 1.88 bits per heavy atom. The van der Waals surface area contributed by atoms with E-state index in [4.69, 9.17) is 28.8 Å². The van der Waals surface area contributed by atoms with E-state index in [0.717, 1.165) is 49.8 Å². The molecule has 4 aromatic heterocycles. The third kappa shape index (κ3) is 4.35. The average Bonchev–Trinajstić information content (AvgIpc) is 3.73. The van der Waals surface area contributed by atoms with Crippen molar-refractivity contribution < 1.29 is 8.83 Å². The molecular formula is C41H23N5O3. The van der Waals surface area contributed by atoms with Crippen LogP contribution in [0.4, 0.5) is 0 Å². The van der Waals surface area contributed by atoms with Gasteiger partial charge >= 0.3 is 5.84 Å². The molecule has 0 bridgehead atoms. The quantitative estimate of drug-likeness (QED) is 0.190. The SMILES string of the molecule is O=c1c2ccccc2oc2nc3cc(-c4ccc5oc6cccc(-c7nc(-c8ccccc8)nc(-c8ccccc8)n7)c6c5c4)ccc3n12. The van der Waals surface area contributed by atoms with Crippen LogP contribution in [0.5, 0.6) is 0 Å². The number of hydrogen-bond acceptors (Lipinski definition) is 7. The lowest BCUT2D eigenvalue weighted by Crippen LogP contribution is -2.12. The molecule has 4 heterocycles. The maximum atomic E-state index is 13.3. The summed E-state index contributed by atoms with van der Waals surface area (Å²) in [5.41, 5.74) is 7.76. The minimum Gasteiger partial charge on any atom is -0.456 e. The first kappa shape index (κ1) is 27.2. The van der Waals surface area contributed by atoms with Crippen LogP contribution in [0.25, 0.3) is 95.1 Å². The maximum Gasteiger partial charge on any atom is 0.310 e. The topological polar surface area (TPSA) is 99.3 Å². The van der Waals surface area contributed by atoms with Crippen molar-refractivity contribution in [3.05, 3.63) is 150 Å². The van der Waals surface area contributed by atoms with Crippen LogP contribution in [0.15, 0.2) is 153 Å². The Morgan fingerprint density at radius 1 is 0.469 bits per heavy atom. The highest BCUT2D eigenvalue weighted by atomic mass is 16.4. The van der Waals surface area contributed by atoms with E-state index in [1.54, 1.807) is 12.1 Å². The molecular weight excluding hydrogens is 610 g/mol. The normalized spacial score (nSPS) is 11.8. The first-order valence-corrected chi connectivity index (χ1v) is 15.8. The Balaban J connectivity index is 1.15. The van der Waals surface area contributed by atoms with Gasteiger partial charge in [0, 0.05) is 27.5 Å². The predicted octanol–water partition coefficient (Wildman–Crippen LogP) is 9.35. The number of aromatic nitrogens is 5. The van der Waals surface area contributed by atoms with Gasteiger partial charge in [0.15, 0.2) is 17.5 Å². The van der Waals surface area contributed by atoms with Crippen molar-refractivity contribution in [3.63, 3.8) is 0 Å². The van der Waals surface area contributed by atoms with Crippen LogP contribution in [0.1, 0.15) is 0 Å². The van der Waals surface area contributed by atoms with Gasteiger partial charge in [-0.05, 0) is 53.6 Å². The van der Waals surface area contributed by atoms with Crippen molar-refractivity contribution in [2.24, 2.45) is 0 Å². The van der Waals surface area contributed by atoms with Crippen molar-refractivity contribution in [3.8, 4) is 45.3 Å². The summed E-state index contributed by atoms with van der Waals surface area (Å²) in [5, 5.41) is 2.36. The lowest BCUT2D eigenvalue weighted by Gasteiger charge is -2.09. The van der Waals surface area contributed by atoms with E-state index in [-0.39, 0.29) is 11.4 Å². The van der Waals surface area contributed by atoms with E-state index in [2.05, 4.69) is 6.07 Å². The Hall–Kier alpha value is -6.93. The average molecular weight is 634 g/mol. The fraction of sp³-hybridized carbons (Fsp3) is 0. The summed E-state index contributed by atoms with van der Waals surface area (Å²) in [5.74, 6) is 2.01. The maximum absolute atomic E-state index is 13.3. The molecule has 8 nitrogen and oxygen atoms in total. The van der Waals surface area contributed by atoms with Crippen LogP contribution in [0, 0.1) is 0 Å². The number of para-hydroxylation sites is 1. The molecule has 0 fully saturated rings. The number of fused-ring (bicyclic) bond motifs is 7. The second-order valence-corrected chi connectivity index (χ2v) is 11.9. The van der Waals surface area contributed by atoms with Crippen LogP contribution in [0.2, 0.25) is 0 Å². The van der Waals surface area contributed by atoms with Gasteiger partial charge in [0.05, 0.1) is 16.4 Å². The fourth-order valence-corrected chi connectivity index (χ4v) is 6.58. The summed E-state index contributed by atoms with van der Waals surface area (Å²) in [4.78, 5) is 32.9. The molecule has 0 aliphatic heterocycles. The minimum atomic E-state index is -0.157. The second kappa shape index (κ2) is 10.5. The highest BCUT2D eigenvalue weighted by Gasteiger charge is 2.19. The van der Waals surface area contributed by atoms with Crippen LogP contribution < -0.4 is 5.56 Å². The molecule has 0 atom stereocenters. The van der Waals surface area contributed by atoms with Crippen LogP contribution in [0.3, 0.4) is 0 Å². The van der Waals surface area contributed by atoms with Crippen molar-refractivity contribution in [1.82, 2.24) is 24.3 Å². The lowest BCUT2D eigenvalue weighted by atomic mass is 10.00. The predicted molar refractivity (Wildman–Crippen MR) is 191 cm³/mol. The Bertz CT molecular complexity index is 2910.